The summed E-state index contributed by atoms with van der Waals surface area (Å²) in [6.07, 6.45) is 1.51. The summed E-state index contributed by atoms with van der Waals surface area (Å²) < 4.78 is 19.1. The number of hydrogen-bond acceptors (Lipinski definition) is 5. The molecule has 2 aromatic heterocycles. The second kappa shape index (κ2) is 7.18. The van der Waals surface area contributed by atoms with Crippen molar-refractivity contribution < 1.29 is 13.9 Å². The average Bonchev–Trinajstić information content (AvgIpc) is 3.04. The van der Waals surface area contributed by atoms with E-state index in [9.17, 15) is 9.18 Å². The van der Waals surface area contributed by atoms with Crippen LogP contribution >= 0.6 is 11.3 Å². The van der Waals surface area contributed by atoms with Gasteiger partial charge in [-0.05, 0) is 25.1 Å². The molecule has 0 aliphatic rings. The van der Waals surface area contributed by atoms with Gasteiger partial charge in [0.25, 0.3) is 5.91 Å². The molecule has 0 saturated carbocycles. The standard InChI is InChI=1S/C17H14FN3O2S/c1-2-23-15-9-11(7-8-19-15)16(22)21-17-20-14(10-24-17)12-5-3-4-6-13(12)18/h3-10H,2H2,1H3,(H,20,21,22). The van der Waals surface area contributed by atoms with Crippen LogP contribution in [0.25, 0.3) is 11.3 Å². The number of nitrogens with one attached hydrogen (secondary N) is 1. The van der Waals surface area contributed by atoms with E-state index in [1.165, 1.54) is 23.6 Å². The summed E-state index contributed by atoms with van der Waals surface area (Å²) >= 11 is 1.23. The van der Waals surface area contributed by atoms with E-state index in [0.717, 1.165) is 0 Å². The molecular formula is C17H14FN3O2S. The highest BCUT2D eigenvalue weighted by Gasteiger charge is 2.12. The number of thiazole rings is 1. The van der Waals surface area contributed by atoms with Crippen LogP contribution in [0, 0.1) is 5.82 Å². The third-order valence-electron chi connectivity index (χ3n) is 3.16. The van der Waals surface area contributed by atoms with E-state index in [2.05, 4.69) is 15.3 Å². The number of aromatic nitrogens is 2. The molecule has 2 heterocycles. The number of nitrogens with zero attached hydrogens (tertiary/aromatic N) is 2. The van der Waals surface area contributed by atoms with E-state index in [0.29, 0.717) is 34.4 Å². The van der Waals surface area contributed by atoms with E-state index in [1.54, 1.807) is 35.7 Å². The fourth-order valence-corrected chi connectivity index (χ4v) is 2.78. The molecule has 0 saturated heterocycles. The predicted octanol–water partition coefficient (Wildman–Crippen LogP) is 4.00. The summed E-state index contributed by atoms with van der Waals surface area (Å²) in [5.41, 5.74) is 1.30. The Kier molecular flexibility index (Phi) is 4.81. The maximum Gasteiger partial charge on any atom is 0.257 e. The Morgan fingerprint density at radius 2 is 2.17 bits per heavy atom. The molecule has 0 fully saturated rings. The largest absolute Gasteiger partial charge is 0.478 e. The van der Waals surface area contributed by atoms with Gasteiger partial charge in [-0.15, -0.1) is 11.3 Å². The van der Waals surface area contributed by atoms with Gasteiger partial charge < -0.3 is 4.74 Å². The van der Waals surface area contributed by atoms with Crippen molar-refractivity contribution in [2.75, 3.05) is 11.9 Å². The van der Waals surface area contributed by atoms with E-state index >= 15 is 0 Å². The summed E-state index contributed by atoms with van der Waals surface area (Å²) in [4.78, 5) is 20.6. The number of benzene rings is 1. The van der Waals surface area contributed by atoms with Crippen molar-refractivity contribution in [3.63, 3.8) is 0 Å². The van der Waals surface area contributed by atoms with Crippen LogP contribution in [-0.4, -0.2) is 22.5 Å². The van der Waals surface area contributed by atoms with Crippen molar-refractivity contribution in [2.45, 2.75) is 6.92 Å². The fourth-order valence-electron chi connectivity index (χ4n) is 2.07. The Morgan fingerprint density at radius 1 is 1.33 bits per heavy atom. The van der Waals surface area contributed by atoms with Crippen LogP contribution in [0.1, 0.15) is 17.3 Å². The van der Waals surface area contributed by atoms with Gasteiger partial charge in [0.2, 0.25) is 5.88 Å². The molecule has 3 aromatic rings. The third-order valence-corrected chi connectivity index (χ3v) is 3.92. The number of anilines is 1. The van der Waals surface area contributed by atoms with Crippen LogP contribution in [0.5, 0.6) is 5.88 Å². The highest BCUT2D eigenvalue weighted by Crippen LogP contribution is 2.27. The topological polar surface area (TPSA) is 64.1 Å². The minimum Gasteiger partial charge on any atom is -0.478 e. The maximum absolute atomic E-state index is 13.8. The first kappa shape index (κ1) is 16.1. The van der Waals surface area contributed by atoms with Gasteiger partial charge >= 0.3 is 0 Å². The molecule has 1 N–H and O–H groups in total. The predicted molar refractivity (Wildman–Crippen MR) is 90.9 cm³/mol. The summed E-state index contributed by atoms with van der Waals surface area (Å²) in [7, 11) is 0. The zero-order valence-electron chi connectivity index (χ0n) is 12.8. The van der Waals surface area contributed by atoms with Crippen molar-refractivity contribution in [2.24, 2.45) is 0 Å². The molecule has 0 aliphatic carbocycles. The molecule has 1 amide bonds. The maximum atomic E-state index is 13.8. The summed E-state index contributed by atoms with van der Waals surface area (Å²) in [6.45, 7) is 2.31. The van der Waals surface area contributed by atoms with Gasteiger partial charge in [0.05, 0.1) is 12.3 Å². The first-order valence-electron chi connectivity index (χ1n) is 7.28. The van der Waals surface area contributed by atoms with Gasteiger partial charge in [0, 0.05) is 28.8 Å². The van der Waals surface area contributed by atoms with Gasteiger partial charge in [0.15, 0.2) is 5.13 Å². The molecule has 0 aliphatic heterocycles. The van der Waals surface area contributed by atoms with Crippen molar-refractivity contribution in [1.29, 1.82) is 0 Å². The van der Waals surface area contributed by atoms with Gasteiger partial charge in [-0.1, -0.05) is 12.1 Å². The lowest BCUT2D eigenvalue weighted by molar-refractivity contribution is 0.102. The zero-order valence-corrected chi connectivity index (χ0v) is 13.6. The molecule has 122 valence electrons. The van der Waals surface area contributed by atoms with Crippen molar-refractivity contribution in [1.82, 2.24) is 9.97 Å². The number of rotatable bonds is 5. The Labute approximate surface area is 142 Å². The molecule has 0 radical (unpaired) electrons. The van der Waals surface area contributed by atoms with Crippen LogP contribution in [0.3, 0.4) is 0 Å². The molecule has 24 heavy (non-hydrogen) atoms. The minimum absolute atomic E-state index is 0.326. The monoisotopic (exact) mass is 343 g/mol. The normalized spacial score (nSPS) is 10.4. The van der Waals surface area contributed by atoms with Crippen molar-refractivity contribution in [3.05, 3.63) is 59.4 Å². The van der Waals surface area contributed by atoms with Crippen molar-refractivity contribution >= 4 is 22.4 Å². The smallest absolute Gasteiger partial charge is 0.257 e. The van der Waals surface area contributed by atoms with Gasteiger partial charge in [-0.25, -0.2) is 14.4 Å². The Bertz CT molecular complexity index is 866. The van der Waals surface area contributed by atoms with E-state index < -0.39 is 0 Å². The SMILES string of the molecule is CCOc1cc(C(=O)Nc2nc(-c3ccccc3F)cs2)ccn1. The molecule has 0 bridgehead atoms. The number of carbonyl (C=O) groups excluding carboxylic acids is 1. The highest BCUT2D eigenvalue weighted by atomic mass is 32.1. The van der Waals surface area contributed by atoms with Gasteiger partial charge in [-0.2, -0.15) is 0 Å². The van der Waals surface area contributed by atoms with E-state index in [1.807, 2.05) is 6.92 Å². The van der Waals surface area contributed by atoms with Crippen LogP contribution in [-0.2, 0) is 0 Å². The number of carbonyl (C=O) groups is 1. The van der Waals surface area contributed by atoms with Crippen LogP contribution in [0.4, 0.5) is 9.52 Å². The fraction of sp³-hybridized carbons (Fsp3) is 0.118. The molecular weight excluding hydrogens is 329 g/mol. The number of ether oxygens (including phenoxy) is 1. The summed E-state index contributed by atoms with van der Waals surface area (Å²) in [5.74, 6) is -0.291. The van der Waals surface area contributed by atoms with Gasteiger partial charge in [-0.3, -0.25) is 10.1 Å². The van der Waals surface area contributed by atoms with Gasteiger partial charge in [0.1, 0.15) is 5.82 Å². The van der Waals surface area contributed by atoms with E-state index in [-0.39, 0.29) is 11.7 Å². The molecule has 1 aromatic carbocycles. The summed E-state index contributed by atoms with van der Waals surface area (Å²) in [6, 6.07) is 9.52. The Hall–Kier alpha value is -2.80. The number of amides is 1. The molecule has 3 rings (SSSR count). The number of pyridine rings is 1. The minimum atomic E-state index is -0.351. The quantitative estimate of drug-likeness (QED) is 0.761. The molecule has 5 nitrogen and oxygen atoms in total. The van der Waals surface area contributed by atoms with Crippen molar-refractivity contribution in [3.8, 4) is 17.1 Å². The second-order valence-electron chi connectivity index (χ2n) is 4.79. The molecule has 0 unspecified atom stereocenters. The lowest BCUT2D eigenvalue weighted by Crippen LogP contribution is -2.12. The lowest BCUT2D eigenvalue weighted by Gasteiger charge is -2.04. The summed E-state index contributed by atoms with van der Waals surface area (Å²) in [5, 5.41) is 4.80. The second-order valence-corrected chi connectivity index (χ2v) is 5.65. The molecule has 0 atom stereocenters. The Balaban J connectivity index is 1.76. The molecule has 7 heteroatoms. The lowest BCUT2D eigenvalue weighted by atomic mass is 10.2. The first-order chi connectivity index (χ1) is 11.7. The average molecular weight is 343 g/mol. The zero-order chi connectivity index (χ0) is 16.9. The first-order valence-corrected chi connectivity index (χ1v) is 8.16. The highest BCUT2D eigenvalue weighted by molar-refractivity contribution is 7.14. The Morgan fingerprint density at radius 3 is 2.96 bits per heavy atom. The van der Waals surface area contributed by atoms with E-state index in [4.69, 9.17) is 4.74 Å². The number of halogens is 1. The van der Waals surface area contributed by atoms with Crippen LogP contribution < -0.4 is 10.1 Å². The van der Waals surface area contributed by atoms with Crippen LogP contribution in [0.2, 0.25) is 0 Å². The third kappa shape index (κ3) is 3.57. The van der Waals surface area contributed by atoms with Crippen LogP contribution in [0.15, 0.2) is 48.0 Å². The number of hydrogen-bond donors (Lipinski definition) is 1. The molecule has 0 spiro atoms.